The van der Waals surface area contributed by atoms with Crippen molar-refractivity contribution in [1.82, 2.24) is 13.7 Å². The van der Waals surface area contributed by atoms with Crippen molar-refractivity contribution < 1.29 is 43.2 Å². The lowest BCUT2D eigenvalue weighted by molar-refractivity contribution is -0.0476. The Morgan fingerprint density at radius 3 is 1.50 bits per heavy atom. The third-order valence-electron chi connectivity index (χ3n) is 4.16. The van der Waals surface area contributed by atoms with Crippen molar-refractivity contribution in [3.63, 3.8) is 0 Å². The van der Waals surface area contributed by atoms with Crippen molar-refractivity contribution in [3.05, 3.63) is 18.7 Å². The number of imidazole rings is 1. The van der Waals surface area contributed by atoms with E-state index in [4.69, 9.17) is 0 Å². The van der Waals surface area contributed by atoms with Crippen LogP contribution in [-0.4, -0.2) is 37.4 Å². The predicted octanol–water partition coefficient (Wildman–Crippen LogP) is 5.08. The van der Waals surface area contributed by atoms with Gasteiger partial charge in [0.05, 0.1) is 6.33 Å². The molecule has 0 amide bonds. The fraction of sp³-hybridized carbons (Fsp3) is 0.824. The maximum Gasteiger partial charge on any atom is 0.512 e. The minimum Gasteiger partial charge on any atom is -0.337 e. The summed E-state index contributed by atoms with van der Waals surface area (Å²) in [6.45, 7) is 3.41. The summed E-state index contributed by atoms with van der Waals surface area (Å²) < 4.78 is 110. The van der Waals surface area contributed by atoms with E-state index in [1.807, 2.05) is 18.7 Å². The van der Waals surface area contributed by atoms with E-state index in [9.17, 15) is 43.2 Å². The lowest BCUT2D eigenvalue weighted by Gasteiger charge is -2.11. The standard InChI is InChI=1S/C15H28N2.C2HF6NO4S2/c1-2-3-4-5-6-7-8-9-10-11-13-17-14-12-16-15-17;3-1(4,5)14(10,11)9-15(12,13)2(6,7)8/h12,14-15H,2-11,13H2,1H3;9H. The lowest BCUT2D eigenvalue weighted by Crippen LogP contribution is -2.45. The molecular weight excluding hydrogens is 488 g/mol. The summed E-state index contributed by atoms with van der Waals surface area (Å²) >= 11 is 0. The Bertz CT molecular complexity index is 781. The third kappa shape index (κ3) is 12.6. The first kappa shape index (κ1) is 30.6. The van der Waals surface area contributed by atoms with Gasteiger partial charge in [-0.2, -0.15) is 26.3 Å². The van der Waals surface area contributed by atoms with Gasteiger partial charge in [0.15, 0.2) is 0 Å². The average molecular weight is 518 g/mol. The van der Waals surface area contributed by atoms with Crippen LogP contribution in [0.2, 0.25) is 0 Å². The molecule has 0 aromatic carbocycles. The number of alkyl halides is 6. The van der Waals surface area contributed by atoms with Gasteiger partial charge in [-0.15, -0.1) is 0 Å². The molecule has 190 valence electrons. The largest absolute Gasteiger partial charge is 0.512 e. The molecule has 0 unspecified atom stereocenters. The van der Waals surface area contributed by atoms with Crippen LogP contribution < -0.4 is 4.13 Å². The molecule has 32 heavy (non-hydrogen) atoms. The van der Waals surface area contributed by atoms with Gasteiger partial charge in [-0.25, -0.2) is 21.8 Å². The smallest absolute Gasteiger partial charge is 0.337 e. The van der Waals surface area contributed by atoms with Crippen LogP contribution in [0.25, 0.3) is 0 Å². The molecular formula is C17H29F6N3O4S2. The SMILES string of the molecule is CCCCCCCCCCCCn1ccnc1.O=S(=O)(NS(=O)(=O)C(F)(F)F)C(F)(F)F. The molecule has 1 aromatic rings. The van der Waals surface area contributed by atoms with E-state index in [-0.39, 0.29) is 0 Å². The van der Waals surface area contributed by atoms with Gasteiger partial charge in [0.25, 0.3) is 0 Å². The first-order valence-electron chi connectivity index (χ1n) is 10.0. The number of unbranched alkanes of at least 4 members (excludes halogenated alkanes) is 9. The van der Waals surface area contributed by atoms with Gasteiger partial charge in [-0.3, -0.25) is 0 Å². The molecule has 0 aliphatic heterocycles. The van der Waals surface area contributed by atoms with Crippen LogP contribution in [0.1, 0.15) is 71.1 Å². The van der Waals surface area contributed by atoms with Crippen LogP contribution in [-0.2, 0) is 26.6 Å². The summed E-state index contributed by atoms with van der Waals surface area (Å²) in [5.74, 6) is 0. The van der Waals surface area contributed by atoms with Gasteiger partial charge >= 0.3 is 31.1 Å². The van der Waals surface area contributed by atoms with Crippen molar-refractivity contribution in [1.29, 1.82) is 0 Å². The summed E-state index contributed by atoms with van der Waals surface area (Å²) in [5.41, 5.74) is -12.3. The second-order valence-corrected chi connectivity index (χ2v) is 10.6. The van der Waals surface area contributed by atoms with Crippen LogP contribution >= 0.6 is 0 Å². The van der Waals surface area contributed by atoms with Crippen LogP contribution in [0.15, 0.2) is 18.7 Å². The number of halogens is 6. The Kier molecular flexibility index (Phi) is 13.4. The van der Waals surface area contributed by atoms with E-state index in [0.29, 0.717) is 0 Å². The topological polar surface area (TPSA) is 98.1 Å². The lowest BCUT2D eigenvalue weighted by atomic mass is 10.1. The van der Waals surface area contributed by atoms with Crippen LogP contribution in [0, 0.1) is 0 Å². The minimum atomic E-state index is -6.60. The van der Waals surface area contributed by atoms with E-state index >= 15 is 0 Å². The zero-order valence-electron chi connectivity index (χ0n) is 17.6. The molecule has 1 N–H and O–H groups in total. The van der Waals surface area contributed by atoms with E-state index in [1.165, 1.54) is 64.2 Å². The first-order valence-corrected chi connectivity index (χ1v) is 13.0. The molecule has 0 spiro atoms. The normalized spacial score (nSPS) is 13.0. The molecule has 0 aliphatic rings. The molecule has 1 rings (SSSR count). The Hall–Kier alpha value is -1.35. The number of sulfonamides is 2. The highest BCUT2D eigenvalue weighted by atomic mass is 32.3. The summed E-state index contributed by atoms with van der Waals surface area (Å²) in [6.07, 6.45) is 19.9. The highest BCUT2D eigenvalue weighted by Crippen LogP contribution is 2.27. The van der Waals surface area contributed by atoms with Crippen LogP contribution in [0.3, 0.4) is 0 Å². The molecule has 0 radical (unpaired) electrons. The molecule has 0 aliphatic carbocycles. The molecule has 0 atom stereocenters. The van der Waals surface area contributed by atoms with E-state index in [2.05, 4.69) is 16.5 Å². The number of aryl methyl sites for hydroxylation is 1. The number of hydrogen-bond donors (Lipinski definition) is 1. The molecule has 0 saturated heterocycles. The van der Waals surface area contributed by atoms with Gasteiger partial charge < -0.3 is 4.57 Å². The highest BCUT2D eigenvalue weighted by molar-refractivity contribution is 8.05. The van der Waals surface area contributed by atoms with Crippen molar-refractivity contribution >= 4 is 20.0 Å². The number of nitrogens with zero attached hydrogens (tertiary/aromatic N) is 2. The quantitative estimate of drug-likeness (QED) is 0.291. The van der Waals surface area contributed by atoms with Crippen molar-refractivity contribution in [2.75, 3.05) is 0 Å². The van der Waals surface area contributed by atoms with E-state index < -0.39 is 35.2 Å². The number of hydrogen-bond acceptors (Lipinski definition) is 5. The summed E-state index contributed by atoms with van der Waals surface area (Å²) in [5, 5.41) is 0. The first-order chi connectivity index (χ1) is 14.6. The Balaban J connectivity index is 0.000000607. The third-order valence-corrected chi connectivity index (χ3v) is 7.13. The molecule has 0 bridgehead atoms. The van der Waals surface area contributed by atoms with Gasteiger partial charge in [0, 0.05) is 18.9 Å². The fourth-order valence-electron chi connectivity index (χ4n) is 2.44. The van der Waals surface area contributed by atoms with Crippen molar-refractivity contribution in [2.24, 2.45) is 0 Å². The minimum absolute atomic E-state index is 0.493. The fourth-order valence-corrected chi connectivity index (χ4v) is 4.35. The monoisotopic (exact) mass is 517 g/mol. The summed E-state index contributed by atoms with van der Waals surface area (Å²) in [7, 11) is -13.2. The van der Waals surface area contributed by atoms with Crippen LogP contribution in [0.4, 0.5) is 26.3 Å². The number of rotatable bonds is 13. The van der Waals surface area contributed by atoms with Crippen LogP contribution in [0.5, 0.6) is 0 Å². The van der Waals surface area contributed by atoms with E-state index in [0.717, 1.165) is 6.54 Å². The Morgan fingerprint density at radius 2 is 1.16 bits per heavy atom. The molecule has 1 aromatic heterocycles. The summed E-state index contributed by atoms with van der Waals surface area (Å²) in [4.78, 5) is 4.05. The van der Waals surface area contributed by atoms with Gasteiger partial charge in [0.2, 0.25) is 0 Å². The maximum absolute atomic E-state index is 11.5. The maximum atomic E-state index is 11.5. The second-order valence-electron chi connectivity index (χ2n) is 6.96. The number of aromatic nitrogens is 2. The molecule has 7 nitrogen and oxygen atoms in total. The van der Waals surface area contributed by atoms with Gasteiger partial charge in [-0.05, 0) is 6.42 Å². The summed E-state index contributed by atoms with van der Waals surface area (Å²) in [6, 6.07) is 0. The Morgan fingerprint density at radius 1 is 0.750 bits per heavy atom. The van der Waals surface area contributed by atoms with Gasteiger partial charge in [-0.1, -0.05) is 68.8 Å². The molecule has 1 heterocycles. The molecule has 0 fully saturated rings. The van der Waals surface area contributed by atoms with E-state index in [1.54, 1.807) is 0 Å². The van der Waals surface area contributed by atoms with Crippen molar-refractivity contribution in [3.8, 4) is 0 Å². The molecule has 15 heteroatoms. The van der Waals surface area contributed by atoms with Crippen molar-refractivity contribution in [2.45, 2.75) is 88.7 Å². The predicted molar refractivity (Wildman–Crippen MR) is 107 cm³/mol. The second kappa shape index (κ2) is 14.0. The zero-order valence-corrected chi connectivity index (χ0v) is 19.3. The molecule has 0 saturated carbocycles. The average Bonchev–Trinajstić information content (AvgIpc) is 3.14. The highest BCUT2D eigenvalue weighted by Gasteiger charge is 2.55. The Labute approximate surface area is 184 Å². The number of nitrogens with one attached hydrogen (secondary N) is 1. The zero-order chi connectivity index (χ0) is 24.9. The van der Waals surface area contributed by atoms with Gasteiger partial charge in [0.1, 0.15) is 0 Å².